The highest BCUT2D eigenvalue weighted by Crippen LogP contribution is 2.36. The Morgan fingerprint density at radius 2 is 1.95 bits per heavy atom. The fourth-order valence-corrected chi connectivity index (χ4v) is 2.86. The molecule has 1 aliphatic rings. The maximum Gasteiger partial charge on any atom is 0.123 e. The number of para-hydroxylation sites is 1. The van der Waals surface area contributed by atoms with E-state index in [4.69, 9.17) is 0 Å². The molecule has 0 radical (unpaired) electrons. The summed E-state index contributed by atoms with van der Waals surface area (Å²) in [5, 5.41) is 19.6. The minimum Gasteiger partial charge on any atom is -0.507 e. The number of aliphatic hydroxyl groups excluding tert-OH is 1. The second-order valence-electron chi connectivity index (χ2n) is 5.30. The lowest BCUT2D eigenvalue weighted by Gasteiger charge is -2.31. The molecule has 1 unspecified atom stereocenters. The first kappa shape index (κ1) is 13.0. The van der Waals surface area contributed by atoms with Gasteiger partial charge < -0.3 is 15.1 Å². The van der Waals surface area contributed by atoms with Crippen molar-refractivity contribution in [2.75, 3.05) is 11.4 Å². The van der Waals surface area contributed by atoms with Gasteiger partial charge in [0.15, 0.2) is 0 Å². The van der Waals surface area contributed by atoms with Crippen LogP contribution in [0.15, 0.2) is 42.5 Å². The number of aliphatic hydroxyl groups is 1. The van der Waals surface area contributed by atoms with Gasteiger partial charge in [0.2, 0.25) is 0 Å². The third-order valence-corrected chi connectivity index (χ3v) is 3.89. The Hall–Kier alpha value is -2.00. The number of fused-ring (bicyclic) bond motifs is 1. The largest absolute Gasteiger partial charge is 0.507 e. The molecule has 0 aromatic heterocycles. The predicted octanol–water partition coefficient (Wildman–Crippen LogP) is 3.53. The number of nitrogens with zero attached hydrogens (tertiary/aromatic N) is 1. The standard InChI is InChI=1S/C17H19NO2/c1-12(19)15-9-8-14(11-17(15)20)18-10-4-6-13-5-2-3-7-16(13)18/h2-3,5,7-9,11-12,19-20H,4,6,10H2,1H3. The third-order valence-electron chi connectivity index (χ3n) is 3.89. The number of anilines is 2. The fourth-order valence-electron chi connectivity index (χ4n) is 2.86. The summed E-state index contributed by atoms with van der Waals surface area (Å²) in [5.74, 6) is 0.153. The van der Waals surface area contributed by atoms with E-state index in [9.17, 15) is 10.2 Å². The van der Waals surface area contributed by atoms with Crippen molar-refractivity contribution >= 4 is 11.4 Å². The van der Waals surface area contributed by atoms with Crippen LogP contribution in [0.1, 0.15) is 30.6 Å². The zero-order valence-corrected chi connectivity index (χ0v) is 11.6. The lowest BCUT2D eigenvalue weighted by Crippen LogP contribution is -2.24. The van der Waals surface area contributed by atoms with Gasteiger partial charge in [0.25, 0.3) is 0 Å². The zero-order valence-electron chi connectivity index (χ0n) is 11.6. The normalized spacial score (nSPS) is 15.8. The third kappa shape index (κ3) is 2.25. The summed E-state index contributed by atoms with van der Waals surface area (Å²) in [4.78, 5) is 2.23. The number of phenolic OH excluding ortho intramolecular Hbond substituents is 1. The summed E-state index contributed by atoms with van der Waals surface area (Å²) in [5.41, 5.74) is 4.10. The van der Waals surface area contributed by atoms with Crippen molar-refractivity contribution in [2.45, 2.75) is 25.9 Å². The van der Waals surface area contributed by atoms with E-state index in [0.29, 0.717) is 5.56 Å². The van der Waals surface area contributed by atoms with Crippen LogP contribution in [-0.4, -0.2) is 16.8 Å². The molecule has 0 spiro atoms. The summed E-state index contributed by atoms with van der Waals surface area (Å²) >= 11 is 0. The smallest absolute Gasteiger partial charge is 0.123 e. The van der Waals surface area contributed by atoms with E-state index in [0.717, 1.165) is 25.1 Å². The van der Waals surface area contributed by atoms with Gasteiger partial charge in [-0.25, -0.2) is 0 Å². The highest BCUT2D eigenvalue weighted by Gasteiger charge is 2.19. The monoisotopic (exact) mass is 269 g/mol. The Bertz CT molecular complexity index is 622. The van der Waals surface area contributed by atoms with Crippen molar-refractivity contribution in [3.8, 4) is 5.75 Å². The van der Waals surface area contributed by atoms with Crippen LogP contribution in [0.3, 0.4) is 0 Å². The molecule has 0 bridgehead atoms. The second kappa shape index (κ2) is 5.17. The number of rotatable bonds is 2. The summed E-state index contributed by atoms with van der Waals surface area (Å²) in [6, 6.07) is 13.9. The number of benzene rings is 2. The van der Waals surface area contributed by atoms with Gasteiger partial charge in [0, 0.05) is 29.5 Å². The topological polar surface area (TPSA) is 43.7 Å². The first-order valence-corrected chi connectivity index (χ1v) is 7.03. The molecule has 104 valence electrons. The molecular formula is C17H19NO2. The molecule has 2 N–H and O–H groups in total. The van der Waals surface area contributed by atoms with E-state index in [-0.39, 0.29) is 5.75 Å². The Morgan fingerprint density at radius 3 is 2.70 bits per heavy atom. The molecule has 1 atom stereocenters. The number of phenols is 1. The summed E-state index contributed by atoms with van der Waals surface area (Å²) in [6.45, 7) is 2.61. The Labute approximate surface area is 119 Å². The summed E-state index contributed by atoms with van der Waals surface area (Å²) in [6.07, 6.45) is 1.55. The van der Waals surface area contributed by atoms with Crippen LogP contribution in [0.25, 0.3) is 0 Å². The molecule has 2 aromatic rings. The Morgan fingerprint density at radius 1 is 1.15 bits per heavy atom. The van der Waals surface area contributed by atoms with Gasteiger partial charge >= 0.3 is 0 Å². The number of hydrogen-bond acceptors (Lipinski definition) is 3. The first-order valence-electron chi connectivity index (χ1n) is 7.03. The summed E-state index contributed by atoms with van der Waals surface area (Å²) < 4.78 is 0. The average molecular weight is 269 g/mol. The molecule has 0 saturated heterocycles. The van der Waals surface area contributed by atoms with E-state index in [1.165, 1.54) is 11.3 Å². The van der Waals surface area contributed by atoms with Gasteiger partial charge in [-0.15, -0.1) is 0 Å². The molecule has 2 aromatic carbocycles. The maximum absolute atomic E-state index is 10.1. The maximum atomic E-state index is 10.1. The lowest BCUT2D eigenvalue weighted by atomic mass is 10.0. The molecule has 3 nitrogen and oxygen atoms in total. The fraction of sp³-hybridized carbons (Fsp3) is 0.294. The number of aryl methyl sites for hydroxylation is 1. The number of aromatic hydroxyl groups is 1. The molecule has 1 heterocycles. The number of hydrogen-bond donors (Lipinski definition) is 2. The van der Waals surface area contributed by atoms with Crippen molar-refractivity contribution in [3.63, 3.8) is 0 Å². The van der Waals surface area contributed by atoms with Crippen LogP contribution in [0.4, 0.5) is 11.4 Å². The highest BCUT2D eigenvalue weighted by atomic mass is 16.3. The highest BCUT2D eigenvalue weighted by molar-refractivity contribution is 5.69. The van der Waals surface area contributed by atoms with Gasteiger partial charge in [-0.3, -0.25) is 0 Å². The summed E-state index contributed by atoms with van der Waals surface area (Å²) in [7, 11) is 0. The van der Waals surface area contributed by atoms with Gasteiger partial charge in [0.1, 0.15) is 5.75 Å². The van der Waals surface area contributed by atoms with Gasteiger partial charge in [-0.05, 0) is 37.5 Å². The van der Waals surface area contributed by atoms with Crippen molar-refractivity contribution in [3.05, 3.63) is 53.6 Å². The van der Waals surface area contributed by atoms with E-state index in [1.807, 2.05) is 12.1 Å². The van der Waals surface area contributed by atoms with Crippen molar-refractivity contribution < 1.29 is 10.2 Å². The van der Waals surface area contributed by atoms with E-state index >= 15 is 0 Å². The second-order valence-corrected chi connectivity index (χ2v) is 5.30. The SMILES string of the molecule is CC(O)c1ccc(N2CCCc3ccccc32)cc1O. The minimum atomic E-state index is -0.655. The average Bonchev–Trinajstić information content (AvgIpc) is 2.46. The van der Waals surface area contributed by atoms with Crippen LogP contribution >= 0.6 is 0 Å². The first-order chi connectivity index (χ1) is 9.66. The van der Waals surface area contributed by atoms with Crippen molar-refractivity contribution in [1.82, 2.24) is 0 Å². The van der Waals surface area contributed by atoms with Gasteiger partial charge in [0.05, 0.1) is 6.10 Å². The molecule has 3 rings (SSSR count). The van der Waals surface area contributed by atoms with Gasteiger partial charge in [-0.1, -0.05) is 24.3 Å². The van der Waals surface area contributed by atoms with Crippen LogP contribution in [0.5, 0.6) is 5.75 Å². The molecule has 0 amide bonds. The molecule has 20 heavy (non-hydrogen) atoms. The predicted molar refractivity (Wildman–Crippen MR) is 80.5 cm³/mol. The van der Waals surface area contributed by atoms with Crippen LogP contribution in [-0.2, 0) is 6.42 Å². The lowest BCUT2D eigenvalue weighted by molar-refractivity contribution is 0.195. The molecule has 0 aliphatic carbocycles. The molecule has 0 fully saturated rings. The van der Waals surface area contributed by atoms with Crippen LogP contribution in [0.2, 0.25) is 0 Å². The van der Waals surface area contributed by atoms with Crippen LogP contribution in [0, 0.1) is 0 Å². The zero-order chi connectivity index (χ0) is 14.1. The van der Waals surface area contributed by atoms with E-state index in [1.54, 1.807) is 19.1 Å². The molecule has 0 saturated carbocycles. The molecular weight excluding hydrogens is 250 g/mol. The van der Waals surface area contributed by atoms with E-state index in [2.05, 4.69) is 23.1 Å². The molecule has 1 aliphatic heterocycles. The van der Waals surface area contributed by atoms with Crippen molar-refractivity contribution in [1.29, 1.82) is 0 Å². The van der Waals surface area contributed by atoms with Gasteiger partial charge in [-0.2, -0.15) is 0 Å². The molecule has 3 heteroatoms. The quantitative estimate of drug-likeness (QED) is 0.876. The Balaban J connectivity index is 2.00. The van der Waals surface area contributed by atoms with E-state index < -0.39 is 6.10 Å². The van der Waals surface area contributed by atoms with Crippen molar-refractivity contribution in [2.24, 2.45) is 0 Å². The minimum absolute atomic E-state index is 0.153. The Kier molecular flexibility index (Phi) is 3.36. The van der Waals surface area contributed by atoms with Crippen LogP contribution < -0.4 is 4.90 Å².